The predicted octanol–water partition coefficient (Wildman–Crippen LogP) is -0.875. The van der Waals surface area contributed by atoms with Crippen molar-refractivity contribution in [1.82, 2.24) is 5.32 Å². The molecule has 5 heteroatoms. The highest BCUT2D eigenvalue weighted by Gasteiger charge is 2.41. The van der Waals surface area contributed by atoms with Gasteiger partial charge in [-0.05, 0) is 12.8 Å². The highest BCUT2D eigenvalue weighted by molar-refractivity contribution is 5.01. The largest absolute Gasteiger partial charge is 0.394 e. The Bertz CT molecular complexity index is 173. The van der Waals surface area contributed by atoms with Gasteiger partial charge in [0.05, 0.1) is 32.5 Å². The summed E-state index contributed by atoms with van der Waals surface area (Å²) in [6.45, 7) is 1.95. The quantitative estimate of drug-likeness (QED) is 0.440. The van der Waals surface area contributed by atoms with Crippen molar-refractivity contribution in [2.24, 2.45) is 0 Å². The molecule has 0 bridgehead atoms. The summed E-state index contributed by atoms with van der Waals surface area (Å²) in [4.78, 5) is 0. The summed E-state index contributed by atoms with van der Waals surface area (Å²) < 4.78 is 9.99. The van der Waals surface area contributed by atoms with Gasteiger partial charge in [-0.3, -0.25) is 0 Å². The van der Waals surface area contributed by atoms with Crippen LogP contribution >= 0.6 is 0 Å². The van der Waals surface area contributed by atoms with Crippen molar-refractivity contribution in [3.63, 3.8) is 0 Å². The van der Waals surface area contributed by atoms with E-state index in [0.717, 1.165) is 12.8 Å². The third-order valence-corrected chi connectivity index (χ3v) is 2.61. The smallest absolute Gasteiger partial charge is 0.0897 e. The monoisotopic (exact) mass is 219 g/mol. The minimum atomic E-state index is -0.522. The average molecular weight is 219 g/mol. The van der Waals surface area contributed by atoms with E-state index in [0.29, 0.717) is 26.4 Å². The molecule has 5 nitrogen and oxygen atoms in total. The molecule has 0 aromatic carbocycles. The maximum absolute atomic E-state index is 9.53. The Labute approximate surface area is 90.4 Å². The number of ether oxygens (including phenoxy) is 2. The molecule has 1 fully saturated rings. The van der Waals surface area contributed by atoms with Gasteiger partial charge >= 0.3 is 0 Å². The van der Waals surface area contributed by atoms with Gasteiger partial charge < -0.3 is 25.0 Å². The van der Waals surface area contributed by atoms with Gasteiger partial charge in [0.25, 0.3) is 0 Å². The average Bonchev–Trinajstić information content (AvgIpc) is 3.02. The minimum absolute atomic E-state index is 0.118. The van der Waals surface area contributed by atoms with E-state index in [4.69, 9.17) is 14.6 Å². The lowest BCUT2D eigenvalue weighted by Crippen LogP contribution is -2.41. The van der Waals surface area contributed by atoms with E-state index >= 15 is 0 Å². The molecule has 1 saturated carbocycles. The number of nitrogens with one attached hydrogen (secondary N) is 1. The van der Waals surface area contributed by atoms with Gasteiger partial charge in [0.1, 0.15) is 0 Å². The normalized spacial score (nSPS) is 20.2. The molecule has 0 amide bonds. The van der Waals surface area contributed by atoms with Crippen LogP contribution in [-0.4, -0.2) is 61.9 Å². The van der Waals surface area contributed by atoms with Gasteiger partial charge in [0, 0.05) is 19.2 Å². The molecular weight excluding hydrogens is 198 g/mol. The standard InChI is InChI=1S/C10H21NO4/c1-14-4-5-15-7-9(13)6-11-10(8-12)2-3-10/h9,11-13H,2-8H2,1H3. The number of hydrogen-bond donors (Lipinski definition) is 3. The van der Waals surface area contributed by atoms with Gasteiger partial charge in [-0.15, -0.1) is 0 Å². The van der Waals surface area contributed by atoms with Crippen molar-refractivity contribution in [2.75, 3.05) is 40.1 Å². The van der Waals surface area contributed by atoms with Crippen LogP contribution in [0, 0.1) is 0 Å². The molecule has 0 heterocycles. The predicted molar refractivity (Wildman–Crippen MR) is 55.8 cm³/mol. The molecule has 1 aliphatic carbocycles. The Morgan fingerprint density at radius 3 is 2.67 bits per heavy atom. The zero-order chi connectivity index (χ0) is 11.1. The van der Waals surface area contributed by atoms with Gasteiger partial charge in [-0.2, -0.15) is 0 Å². The van der Waals surface area contributed by atoms with Crippen LogP contribution in [0.25, 0.3) is 0 Å². The van der Waals surface area contributed by atoms with Crippen molar-refractivity contribution in [2.45, 2.75) is 24.5 Å². The van der Waals surface area contributed by atoms with E-state index in [1.54, 1.807) is 7.11 Å². The van der Waals surface area contributed by atoms with Crippen LogP contribution in [0.4, 0.5) is 0 Å². The van der Waals surface area contributed by atoms with E-state index in [1.165, 1.54) is 0 Å². The Balaban J connectivity index is 1.96. The summed E-state index contributed by atoms with van der Waals surface area (Å²) in [7, 11) is 1.61. The molecule has 0 aliphatic heterocycles. The molecule has 0 aromatic rings. The third kappa shape index (κ3) is 4.90. The lowest BCUT2D eigenvalue weighted by Gasteiger charge is -2.17. The lowest BCUT2D eigenvalue weighted by atomic mass is 10.2. The number of rotatable bonds is 9. The highest BCUT2D eigenvalue weighted by atomic mass is 16.5. The Hall–Kier alpha value is -0.200. The van der Waals surface area contributed by atoms with Crippen LogP contribution in [0.3, 0.4) is 0 Å². The van der Waals surface area contributed by atoms with Crippen LogP contribution < -0.4 is 5.32 Å². The molecule has 1 aliphatic rings. The minimum Gasteiger partial charge on any atom is -0.394 e. The Morgan fingerprint density at radius 1 is 1.40 bits per heavy atom. The van der Waals surface area contributed by atoms with Crippen LogP contribution in [0.5, 0.6) is 0 Å². The van der Waals surface area contributed by atoms with Crippen molar-refractivity contribution in [3.05, 3.63) is 0 Å². The summed E-state index contributed by atoms with van der Waals surface area (Å²) >= 11 is 0. The highest BCUT2D eigenvalue weighted by Crippen LogP contribution is 2.34. The van der Waals surface area contributed by atoms with Gasteiger partial charge in [-0.25, -0.2) is 0 Å². The van der Waals surface area contributed by atoms with E-state index in [1.807, 2.05) is 0 Å². The fourth-order valence-electron chi connectivity index (χ4n) is 1.30. The van der Waals surface area contributed by atoms with Crippen LogP contribution in [0.2, 0.25) is 0 Å². The fraction of sp³-hybridized carbons (Fsp3) is 1.00. The first-order chi connectivity index (χ1) is 7.22. The lowest BCUT2D eigenvalue weighted by molar-refractivity contribution is 0.0117. The first-order valence-corrected chi connectivity index (χ1v) is 5.33. The van der Waals surface area contributed by atoms with Gasteiger partial charge in [0.15, 0.2) is 0 Å². The number of methoxy groups -OCH3 is 1. The molecule has 15 heavy (non-hydrogen) atoms. The zero-order valence-corrected chi connectivity index (χ0v) is 9.24. The molecule has 90 valence electrons. The van der Waals surface area contributed by atoms with E-state index < -0.39 is 6.10 Å². The number of aliphatic hydroxyl groups excluding tert-OH is 2. The second-order valence-corrected chi connectivity index (χ2v) is 4.04. The molecule has 1 unspecified atom stereocenters. The first-order valence-electron chi connectivity index (χ1n) is 5.33. The summed E-state index contributed by atoms with van der Waals surface area (Å²) in [6, 6.07) is 0. The van der Waals surface area contributed by atoms with Crippen LogP contribution in [-0.2, 0) is 9.47 Å². The van der Waals surface area contributed by atoms with Crippen molar-refractivity contribution < 1.29 is 19.7 Å². The molecular formula is C10H21NO4. The number of hydrogen-bond acceptors (Lipinski definition) is 5. The van der Waals surface area contributed by atoms with Crippen molar-refractivity contribution in [3.8, 4) is 0 Å². The topological polar surface area (TPSA) is 71.0 Å². The van der Waals surface area contributed by atoms with Crippen molar-refractivity contribution >= 4 is 0 Å². The maximum atomic E-state index is 9.53. The molecule has 0 radical (unpaired) electrons. The van der Waals surface area contributed by atoms with Crippen LogP contribution in [0.1, 0.15) is 12.8 Å². The second kappa shape index (κ2) is 6.40. The zero-order valence-electron chi connectivity index (χ0n) is 9.24. The number of β-amino-alcohol motifs (C(OH)–C–C–N with tert-alkyl or cyclic N) is 1. The van der Waals surface area contributed by atoms with Gasteiger partial charge in [0.2, 0.25) is 0 Å². The van der Waals surface area contributed by atoms with Crippen LogP contribution in [0.15, 0.2) is 0 Å². The molecule has 0 saturated heterocycles. The van der Waals surface area contributed by atoms with Crippen molar-refractivity contribution in [1.29, 1.82) is 0 Å². The summed E-state index contributed by atoms with van der Waals surface area (Å²) in [6.07, 6.45) is 1.45. The number of aliphatic hydroxyl groups is 2. The summed E-state index contributed by atoms with van der Waals surface area (Å²) in [5, 5.41) is 21.7. The fourth-order valence-corrected chi connectivity index (χ4v) is 1.30. The molecule has 1 rings (SSSR count). The SMILES string of the molecule is COCCOCC(O)CNC1(CO)CC1. The molecule has 0 aromatic heterocycles. The molecule has 3 N–H and O–H groups in total. The summed E-state index contributed by atoms with van der Waals surface area (Å²) in [5.41, 5.74) is -0.118. The Morgan fingerprint density at radius 2 is 2.13 bits per heavy atom. The third-order valence-electron chi connectivity index (χ3n) is 2.61. The van der Waals surface area contributed by atoms with Gasteiger partial charge in [-0.1, -0.05) is 0 Å². The maximum Gasteiger partial charge on any atom is 0.0897 e. The Kier molecular flexibility index (Phi) is 5.49. The summed E-state index contributed by atoms with van der Waals surface area (Å²) in [5.74, 6) is 0. The second-order valence-electron chi connectivity index (χ2n) is 4.04. The molecule has 0 spiro atoms. The first kappa shape index (κ1) is 12.9. The van der Waals surface area contributed by atoms with E-state index in [9.17, 15) is 5.11 Å². The molecule has 1 atom stereocenters. The van der Waals surface area contributed by atoms with E-state index in [2.05, 4.69) is 5.32 Å². The van der Waals surface area contributed by atoms with E-state index in [-0.39, 0.29) is 12.1 Å².